The molecule has 0 spiro atoms. The van der Waals surface area contributed by atoms with Gasteiger partial charge in [0.25, 0.3) is 0 Å². The lowest BCUT2D eigenvalue weighted by molar-refractivity contribution is 0.226. The van der Waals surface area contributed by atoms with Gasteiger partial charge in [-0.1, -0.05) is 23.7 Å². The zero-order valence-electron chi connectivity index (χ0n) is 10.6. The molecule has 0 saturated carbocycles. The Morgan fingerprint density at radius 2 is 2.06 bits per heavy atom. The van der Waals surface area contributed by atoms with Crippen molar-refractivity contribution in [3.05, 3.63) is 34.9 Å². The van der Waals surface area contributed by atoms with E-state index in [2.05, 4.69) is 30.3 Å². The predicted molar refractivity (Wildman–Crippen MR) is 73.5 cm³/mol. The van der Waals surface area contributed by atoms with E-state index in [0.717, 1.165) is 5.02 Å². The van der Waals surface area contributed by atoms with Gasteiger partial charge in [0.15, 0.2) is 0 Å². The second-order valence-electron chi connectivity index (χ2n) is 5.02. The maximum Gasteiger partial charge on any atom is 0.0409 e. The Morgan fingerprint density at radius 3 is 2.71 bits per heavy atom. The molecular weight excluding hydrogens is 232 g/mol. The van der Waals surface area contributed by atoms with Crippen LogP contribution in [0.5, 0.6) is 0 Å². The summed E-state index contributed by atoms with van der Waals surface area (Å²) in [5, 5.41) is 4.52. The SMILES string of the molecule is CC(NC1CCN(C)CC1)c1cccc(Cl)c1. The highest BCUT2D eigenvalue weighted by molar-refractivity contribution is 6.30. The quantitative estimate of drug-likeness (QED) is 0.890. The van der Waals surface area contributed by atoms with Crippen LogP contribution in [0.15, 0.2) is 24.3 Å². The molecule has 2 nitrogen and oxygen atoms in total. The second kappa shape index (κ2) is 5.85. The molecule has 0 radical (unpaired) electrons. The van der Waals surface area contributed by atoms with Crippen molar-refractivity contribution in [2.75, 3.05) is 20.1 Å². The minimum Gasteiger partial charge on any atom is -0.307 e. The van der Waals surface area contributed by atoms with Crippen molar-refractivity contribution in [1.82, 2.24) is 10.2 Å². The molecule has 3 heteroatoms. The smallest absolute Gasteiger partial charge is 0.0409 e. The van der Waals surface area contributed by atoms with Crippen molar-refractivity contribution in [1.29, 1.82) is 0 Å². The highest BCUT2D eigenvalue weighted by atomic mass is 35.5. The van der Waals surface area contributed by atoms with E-state index in [0.29, 0.717) is 12.1 Å². The van der Waals surface area contributed by atoms with E-state index in [-0.39, 0.29) is 0 Å². The second-order valence-corrected chi connectivity index (χ2v) is 5.46. The van der Waals surface area contributed by atoms with Gasteiger partial charge in [-0.2, -0.15) is 0 Å². The molecule has 2 rings (SSSR count). The Bertz CT molecular complexity index is 359. The lowest BCUT2D eigenvalue weighted by atomic mass is 10.0. The number of likely N-dealkylation sites (tertiary alicyclic amines) is 1. The van der Waals surface area contributed by atoms with Gasteiger partial charge >= 0.3 is 0 Å². The summed E-state index contributed by atoms with van der Waals surface area (Å²) in [6.45, 7) is 4.60. The maximum absolute atomic E-state index is 6.02. The fourth-order valence-corrected chi connectivity index (χ4v) is 2.60. The lowest BCUT2D eigenvalue weighted by Crippen LogP contribution is -2.41. The lowest BCUT2D eigenvalue weighted by Gasteiger charge is -2.31. The minimum atomic E-state index is 0.377. The Balaban J connectivity index is 1.90. The summed E-state index contributed by atoms with van der Waals surface area (Å²) < 4.78 is 0. The van der Waals surface area contributed by atoms with E-state index in [9.17, 15) is 0 Å². The van der Waals surface area contributed by atoms with Gasteiger partial charge in [0, 0.05) is 17.1 Å². The van der Waals surface area contributed by atoms with Gasteiger partial charge in [0.05, 0.1) is 0 Å². The molecule has 1 atom stereocenters. The van der Waals surface area contributed by atoms with Crippen LogP contribution in [-0.4, -0.2) is 31.1 Å². The molecule has 1 unspecified atom stereocenters. The van der Waals surface area contributed by atoms with Crippen LogP contribution in [0, 0.1) is 0 Å². The predicted octanol–water partition coefficient (Wildman–Crippen LogP) is 3.08. The zero-order chi connectivity index (χ0) is 12.3. The first-order valence-corrected chi connectivity index (χ1v) is 6.73. The summed E-state index contributed by atoms with van der Waals surface area (Å²) in [5.41, 5.74) is 1.27. The molecule has 1 aromatic carbocycles. The van der Waals surface area contributed by atoms with Crippen LogP contribution < -0.4 is 5.32 Å². The average Bonchev–Trinajstić information content (AvgIpc) is 2.32. The van der Waals surface area contributed by atoms with Crippen molar-refractivity contribution in [3.8, 4) is 0 Å². The van der Waals surface area contributed by atoms with Crippen molar-refractivity contribution in [2.45, 2.75) is 31.8 Å². The molecule has 0 bridgehead atoms. The molecular formula is C14H21ClN2. The summed E-state index contributed by atoms with van der Waals surface area (Å²) in [5.74, 6) is 0. The van der Waals surface area contributed by atoms with Crippen molar-refractivity contribution < 1.29 is 0 Å². The van der Waals surface area contributed by atoms with Gasteiger partial charge in [-0.05, 0) is 57.6 Å². The van der Waals surface area contributed by atoms with Gasteiger partial charge in [-0.25, -0.2) is 0 Å². The van der Waals surface area contributed by atoms with E-state index in [1.54, 1.807) is 0 Å². The number of hydrogen-bond acceptors (Lipinski definition) is 2. The minimum absolute atomic E-state index is 0.377. The fraction of sp³-hybridized carbons (Fsp3) is 0.571. The highest BCUT2D eigenvalue weighted by Gasteiger charge is 2.18. The summed E-state index contributed by atoms with van der Waals surface area (Å²) >= 11 is 6.02. The molecule has 1 aliphatic rings. The van der Waals surface area contributed by atoms with E-state index in [4.69, 9.17) is 11.6 Å². The molecule has 1 fully saturated rings. The van der Waals surface area contributed by atoms with Crippen LogP contribution in [0.25, 0.3) is 0 Å². The molecule has 1 aromatic rings. The molecule has 0 aliphatic carbocycles. The van der Waals surface area contributed by atoms with Crippen molar-refractivity contribution >= 4 is 11.6 Å². The molecule has 0 amide bonds. The van der Waals surface area contributed by atoms with E-state index in [1.807, 2.05) is 18.2 Å². The average molecular weight is 253 g/mol. The molecule has 1 heterocycles. The standard InChI is InChI=1S/C14H21ClN2/c1-11(12-4-3-5-13(15)10-12)16-14-6-8-17(2)9-7-14/h3-5,10-11,14,16H,6-9H2,1-2H3. The number of piperidine rings is 1. The summed E-state index contributed by atoms with van der Waals surface area (Å²) in [6, 6.07) is 9.15. The summed E-state index contributed by atoms with van der Waals surface area (Å²) in [4.78, 5) is 2.39. The zero-order valence-corrected chi connectivity index (χ0v) is 11.4. The number of benzene rings is 1. The first kappa shape index (κ1) is 12.9. The fourth-order valence-electron chi connectivity index (χ4n) is 2.40. The first-order chi connectivity index (χ1) is 8.15. The van der Waals surface area contributed by atoms with Crippen LogP contribution in [-0.2, 0) is 0 Å². The molecule has 0 aromatic heterocycles. The van der Waals surface area contributed by atoms with Crippen molar-refractivity contribution in [2.24, 2.45) is 0 Å². The van der Waals surface area contributed by atoms with Gasteiger partial charge in [0.2, 0.25) is 0 Å². The third-order valence-electron chi connectivity index (χ3n) is 3.55. The maximum atomic E-state index is 6.02. The van der Waals surface area contributed by atoms with Crippen molar-refractivity contribution in [3.63, 3.8) is 0 Å². The van der Waals surface area contributed by atoms with E-state index < -0.39 is 0 Å². The normalized spacial score (nSPS) is 20.4. The van der Waals surface area contributed by atoms with Gasteiger partial charge in [-0.3, -0.25) is 0 Å². The number of rotatable bonds is 3. The van der Waals surface area contributed by atoms with Crippen LogP contribution in [0.4, 0.5) is 0 Å². The monoisotopic (exact) mass is 252 g/mol. The van der Waals surface area contributed by atoms with Gasteiger partial charge in [0.1, 0.15) is 0 Å². The Kier molecular flexibility index (Phi) is 4.43. The number of nitrogens with one attached hydrogen (secondary N) is 1. The van der Waals surface area contributed by atoms with E-state index in [1.165, 1.54) is 31.5 Å². The largest absolute Gasteiger partial charge is 0.307 e. The van der Waals surface area contributed by atoms with Crippen LogP contribution in [0.2, 0.25) is 5.02 Å². The van der Waals surface area contributed by atoms with E-state index >= 15 is 0 Å². The summed E-state index contributed by atoms with van der Waals surface area (Å²) in [6.07, 6.45) is 2.48. The topological polar surface area (TPSA) is 15.3 Å². The summed E-state index contributed by atoms with van der Waals surface area (Å²) in [7, 11) is 2.19. The third kappa shape index (κ3) is 3.70. The Hall–Kier alpha value is -0.570. The number of nitrogens with zero attached hydrogens (tertiary/aromatic N) is 1. The number of hydrogen-bond donors (Lipinski definition) is 1. The van der Waals surface area contributed by atoms with Crippen LogP contribution in [0.3, 0.4) is 0 Å². The third-order valence-corrected chi connectivity index (χ3v) is 3.79. The molecule has 1 aliphatic heterocycles. The van der Waals surface area contributed by atoms with Gasteiger partial charge < -0.3 is 10.2 Å². The van der Waals surface area contributed by atoms with Gasteiger partial charge in [-0.15, -0.1) is 0 Å². The first-order valence-electron chi connectivity index (χ1n) is 6.35. The Labute approximate surface area is 109 Å². The van der Waals surface area contributed by atoms with Crippen LogP contribution in [0.1, 0.15) is 31.4 Å². The number of halogens is 1. The van der Waals surface area contributed by atoms with Crippen LogP contribution >= 0.6 is 11.6 Å². The molecule has 94 valence electrons. The molecule has 1 saturated heterocycles. The highest BCUT2D eigenvalue weighted by Crippen LogP contribution is 2.19. The molecule has 1 N–H and O–H groups in total. The Morgan fingerprint density at radius 1 is 1.35 bits per heavy atom. The molecule has 17 heavy (non-hydrogen) atoms.